The van der Waals surface area contributed by atoms with Gasteiger partial charge in [-0.25, -0.2) is 0 Å². The molecule has 0 bridgehead atoms. The van der Waals surface area contributed by atoms with Crippen LogP contribution in [0.4, 0.5) is 5.69 Å². The number of benzene rings is 1. The molecule has 1 heterocycles. The maximum atomic E-state index is 11.9. The van der Waals surface area contributed by atoms with Crippen LogP contribution in [0.1, 0.15) is 30.7 Å². The molecule has 0 saturated carbocycles. The van der Waals surface area contributed by atoms with Crippen LogP contribution < -0.4 is 10.6 Å². The van der Waals surface area contributed by atoms with E-state index < -0.39 is 0 Å². The van der Waals surface area contributed by atoms with E-state index >= 15 is 0 Å². The van der Waals surface area contributed by atoms with Crippen LogP contribution in [0, 0.1) is 5.92 Å². The van der Waals surface area contributed by atoms with Gasteiger partial charge in [-0.05, 0) is 35.1 Å². The normalized spacial score (nSPS) is 10.6. The molecule has 0 unspecified atom stereocenters. The van der Waals surface area contributed by atoms with E-state index in [1.54, 1.807) is 11.3 Å². The quantitative estimate of drug-likeness (QED) is 0.815. The van der Waals surface area contributed by atoms with Crippen LogP contribution in [0.5, 0.6) is 0 Å². The molecule has 1 aromatic heterocycles. The molecule has 0 aliphatic heterocycles. The summed E-state index contributed by atoms with van der Waals surface area (Å²) in [7, 11) is 0. The summed E-state index contributed by atoms with van der Waals surface area (Å²) in [6, 6.07) is 11.4. The van der Waals surface area contributed by atoms with Crippen molar-refractivity contribution in [1.29, 1.82) is 0 Å². The lowest BCUT2D eigenvalue weighted by atomic mass is 10.1. The number of hydrogen-bond donors (Lipinski definition) is 2. The molecule has 0 saturated heterocycles. The highest BCUT2D eigenvalue weighted by molar-refractivity contribution is 7.09. The Bertz CT molecular complexity index is 634. The fourth-order valence-corrected chi connectivity index (χ4v) is 2.78. The lowest BCUT2D eigenvalue weighted by Gasteiger charge is -2.08. The van der Waals surface area contributed by atoms with Crippen LogP contribution >= 0.6 is 11.3 Å². The van der Waals surface area contributed by atoms with Crippen LogP contribution in [-0.2, 0) is 22.6 Å². The van der Waals surface area contributed by atoms with Gasteiger partial charge < -0.3 is 10.6 Å². The summed E-state index contributed by atoms with van der Waals surface area (Å²) in [5, 5.41) is 7.76. The Labute approximate surface area is 140 Å². The van der Waals surface area contributed by atoms with E-state index in [9.17, 15) is 9.59 Å². The van der Waals surface area contributed by atoms with E-state index in [1.165, 1.54) is 0 Å². The van der Waals surface area contributed by atoms with E-state index in [0.717, 1.165) is 16.1 Å². The molecular weight excluding hydrogens is 308 g/mol. The van der Waals surface area contributed by atoms with E-state index in [2.05, 4.69) is 10.6 Å². The molecule has 2 rings (SSSR count). The average molecular weight is 330 g/mol. The van der Waals surface area contributed by atoms with E-state index in [4.69, 9.17) is 0 Å². The van der Waals surface area contributed by atoms with Gasteiger partial charge in [-0.1, -0.05) is 32.0 Å². The number of nitrogens with one attached hydrogen (secondary N) is 2. The van der Waals surface area contributed by atoms with Crippen LogP contribution in [0.3, 0.4) is 0 Å². The summed E-state index contributed by atoms with van der Waals surface area (Å²) < 4.78 is 0. The molecule has 0 radical (unpaired) electrons. The minimum atomic E-state index is -0.00464. The summed E-state index contributed by atoms with van der Waals surface area (Å²) in [5.74, 6) is 0.345. The fourth-order valence-electron chi connectivity index (χ4n) is 2.14. The predicted octanol–water partition coefficient (Wildman–Crippen LogP) is 3.59. The van der Waals surface area contributed by atoms with Gasteiger partial charge in [-0.2, -0.15) is 0 Å². The van der Waals surface area contributed by atoms with Gasteiger partial charge in [0.2, 0.25) is 11.8 Å². The fraction of sp³-hybridized carbons (Fsp3) is 0.333. The lowest BCUT2D eigenvalue weighted by Crippen LogP contribution is -2.24. The van der Waals surface area contributed by atoms with E-state index in [-0.39, 0.29) is 11.8 Å². The highest BCUT2D eigenvalue weighted by atomic mass is 32.1. The van der Waals surface area contributed by atoms with Gasteiger partial charge in [-0.15, -0.1) is 11.3 Å². The largest absolute Gasteiger partial charge is 0.351 e. The van der Waals surface area contributed by atoms with Gasteiger partial charge in [0.15, 0.2) is 0 Å². The second-order valence-corrected chi connectivity index (χ2v) is 6.91. The van der Waals surface area contributed by atoms with Crippen molar-refractivity contribution in [3.63, 3.8) is 0 Å². The molecule has 2 N–H and O–H groups in total. The summed E-state index contributed by atoms with van der Waals surface area (Å²) >= 11 is 1.63. The molecule has 2 aromatic rings. The first-order valence-corrected chi connectivity index (χ1v) is 8.59. The monoisotopic (exact) mass is 330 g/mol. The van der Waals surface area contributed by atoms with Crippen LogP contribution in [0.2, 0.25) is 0 Å². The molecule has 4 nitrogen and oxygen atoms in total. The maximum Gasteiger partial charge on any atom is 0.224 e. The Kier molecular flexibility index (Phi) is 6.35. The predicted molar refractivity (Wildman–Crippen MR) is 94.4 cm³/mol. The highest BCUT2D eigenvalue weighted by Gasteiger charge is 2.07. The first kappa shape index (κ1) is 17.2. The van der Waals surface area contributed by atoms with Gasteiger partial charge in [-0.3, -0.25) is 9.59 Å². The average Bonchev–Trinajstić information content (AvgIpc) is 3.00. The number of rotatable bonds is 7. The van der Waals surface area contributed by atoms with Crippen molar-refractivity contribution in [2.75, 3.05) is 5.32 Å². The Balaban J connectivity index is 1.80. The molecule has 0 aliphatic carbocycles. The lowest BCUT2D eigenvalue weighted by molar-refractivity contribution is -0.120. The second kappa shape index (κ2) is 8.48. The SMILES string of the molecule is CC(C)CC(=O)Nc1ccc(CC(=O)NCc2cccs2)cc1. The van der Waals surface area contributed by atoms with Crippen LogP contribution in [-0.4, -0.2) is 11.8 Å². The molecule has 0 spiro atoms. The third kappa shape index (κ3) is 6.24. The number of thiophene rings is 1. The summed E-state index contributed by atoms with van der Waals surface area (Å²) in [6.45, 7) is 4.59. The minimum Gasteiger partial charge on any atom is -0.351 e. The molecule has 0 atom stereocenters. The van der Waals surface area contributed by atoms with Crippen molar-refractivity contribution in [2.45, 2.75) is 33.2 Å². The smallest absolute Gasteiger partial charge is 0.224 e. The molecule has 1 aromatic carbocycles. The number of amides is 2. The third-order valence-electron chi connectivity index (χ3n) is 3.24. The van der Waals surface area contributed by atoms with Gasteiger partial charge in [0, 0.05) is 17.0 Å². The van der Waals surface area contributed by atoms with Gasteiger partial charge >= 0.3 is 0 Å². The number of hydrogen-bond acceptors (Lipinski definition) is 3. The van der Waals surface area contributed by atoms with Crippen molar-refractivity contribution in [3.05, 3.63) is 52.2 Å². The topological polar surface area (TPSA) is 58.2 Å². The van der Waals surface area contributed by atoms with Crippen molar-refractivity contribution in [3.8, 4) is 0 Å². The first-order chi connectivity index (χ1) is 11.0. The third-order valence-corrected chi connectivity index (χ3v) is 4.11. The Morgan fingerprint density at radius 1 is 1.09 bits per heavy atom. The zero-order valence-electron chi connectivity index (χ0n) is 13.5. The standard InChI is InChI=1S/C18H22N2O2S/c1-13(2)10-18(22)20-15-7-5-14(6-8-15)11-17(21)19-12-16-4-3-9-23-16/h3-9,13H,10-12H2,1-2H3,(H,19,21)(H,20,22). The summed E-state index contributed by atoms with van der Waals surface area (Å²) in [4.78, 5) is 24.8. The van der Waals surface area contributed by atoms with Crippen molar-refractivity contribution in [1.82, 2.24) is 5.32 Å². The zero-order chi connectivity index (χ0) is 16.7. The molecular formula is C18H22N2O2S. The van der Waals surface area contributed by atoms with E-state index in [1.807, 2.05) is 55.6 Å². The number of carbonyl (C=O) groups excluding carboxylic acids is 2. The Hall–Kier alpha value is -2.14. The molecule has 2 amide bonds. The highest BCUT2D eigenvalue weighted by Crippen LogP contribution is 2.12. The van der Waals surface area contributed by atoms with Crippen molar-refractivity contribution >= 4 is 28.8 Å². The molecule has 0 fully saturated rings. The molecule has 122 valence electrons. The van der Waals surface area contributed by atoms with Gasteiger partial charge in [0.25, 0.3) is 0 Å². The van der Waals surface area contributed by atoms with Crippen molar-refractivity contribution < 1.29 is 9.59 Å². The molecule has 23 heavy (non-hydrogen) atoms. The van der Waals surface area contributed by atoms with Gasteiger partial charge in [0.05, 0.1) is 13.0 Å². The molecule has 0 aliphatic rings. The van der Waals surface area contributed by atoms with E-state index in [0.29, 0.717) is 25.3 Å². The van der Waals surface area contributed by atoms with Crippen molar-refractivity contribution in [2.24, 2.45) is 5.92 Å². The van der Waals surface area contributed by atoms with Crippen LogP contribution in [0.15, 0.2) is 41.8 Å². The molecule has 5 heteroatoms. The maximum absolute atomic E-state index is 11.9. The number of anilines is 1. The summed E-state index contributed by atoms with van der Waals surface area (Å²) in [5.41, 5.74) is 1.69. The zero-order valence-corrected chi connectivity index (χ0v) is 14.3. The van der Waals surface area contributed by atoms with Gasteiger partial charge in [0.1, 0.15) is 0 Å². The number of carbonyl (C=O) groups is 2. The first-order valence-electron chi connectivity index (χ1n) is 7.71. The summed E-state index contributed by atoms with van der Waals surface area (Å²) in [6.07, 6.45) is 0.846. The van der Waals surface area contributed by atoms with Crippen LogP contribution in [0.25, 0.3) is 0 Å². The second-order valence-electron chi connectivity index (χ2n) is 5.88. The minimum absolute atomic E-state index is 0.00464. The Morgan fingerprint density at radius 3 is 2.43 bits per heavy atom. The Morgan fingerprint density at radius 2 is 1.83 bits per heavy atom.